The largest absolute Gasteiger partial charge is 0.481 e. The number of aromatic nitrogens is 2. The van der Waals surface area contributed by atoms with Crippen LogP contribution in [0.5, 0.6) is 5.88 Å². The first-order valence-corrected chi connectivity index (χ1v) is 12.4. The number of amides is 2. The van der Waals surface area contributed by atoms with Crippen molar-refractivity contribution in [3.8, 4) is 5.88 Å². The molecule has 0 aliphatic carbocycles. The summed E-state index contributed by atoms with van der Waals surface area (Å²) in [6.07, 6.45) is 3.31. The summed E-state index contributed by atoms with van der Waals surface area (Å²) in [5.41, 5.74) is 2.26. The molecule has 5 rings (SSSR count). The molecule has 0 radical (unpaired) electrons. The number of fused-ring (bicyclic) bond motifs is 1. The minimum atomic E-state index is -0.701. The number of H-pyrrole nitrogens is 1. The fourth-order valence-corrected chi connectivity index (χ4v) is 5.06. The molecule has 1 aliphatic rings. The smallest absolute Gasteiger partial charge is 0.300 e. The molecular formula is C27H24ClN5O5. The molecular weight excluding hydrogens is 510 g/mol. The molecule has 2 amide bonds. The maximum absolute atomic E-state index is 13.2. The van der Waals surface area contributed by atoms with Crippen LogP contribution >= 0.6 is 11.6 Å². The quantitative estimate of drug-likeness (QED) is 0.252. The molecule has 0 atom stereocenters. The first-order chi connectivity index (χ1) is 18.4. The minimum Gasteiger partial charge on any atom is -0.481 e. The second kappa shape index (κ2) is 10.5. The summed E-state index contributed by atoms with van der Waals surface area (Å²) in [4.78, 5) is 45.5. The summed E-state index contributed by atoms with van der Waals surface area (Å²) in [5.74, 6) is -0.376. The number of pyridine rings is 1. The molecule has 0 spiro atoms. The summed E-state index contributed by atoms with van der Waals surface area (Å²) in [5, 5.41) is 15.3. The van der Waals surface area contributed by atoms with Gasteiger partial charge >= 0.3 is 5.69 Å². The Hall–Kier alpha value is -4.44. The number of benzene rings is 2. The predicted molar refractivity (Wildman–Crippen MR) is 143 cm³/mol. The maximum atomic E-state index is 13.2. The number of piperidine rings is 1. The van der Waals surface area contributed by atoms with E-state index in [-0.39, 0.29) is 23.4 Å². The van der Waals surface area contributed by atoms with Gasteiger partial charge in [-0.25, -0.2) is 4.98 Å². The zero-order valence-electron chi connectivity index (χ0n) is 20.4. The van der Waals surface area contributed by atoms with E-state index >= 15 is 0 Å². The number of nitrogens with one attached hydrogen (secondary N) is 2. The van der Waals surface area contributed by atoms with Gasteiger partial charge in [0.15, 0.2) is 0 Å². The molecule has 11 heteroatoms. The van der Waals surface area contributed by atoms with E-state index in [1.807, 2.05) is 29.2 Å². The number of anilines is 1. The molecule has 0 bridgehead atoms. The highest BCUT2D eigenvalue weighted by atomic mass is 35.5. The number of nitrogens with zero attached hydrogens (tertiary/aromatic N) is 3. The van der Waals surface area contributed by atoms with Crippen molar-refractivity contribution in [1.29, 1.82) is 0 Å². The molecule has 3 heterocycles. The SMILES string of the molecule is COc1ccc([N+](=O)[O-])c(C(=O)Nc2ccc(C3CCN(C(=O)c4c[nH]c5cccc(Cl)c45)CC3)cc2)n1. The van der Waals surface area contributed by atoms with E-state index in [1.165, 1.54) is 19.2 Å². The lowest BCUT2D eigenvalue weighted by molar-refractivity contribution is -0.385. The van der Waals surface area contributed by atoms with Gasteiger partial charge in [0.25, 0.3) is 11.8 Å². The lowest BCUT2D eigenvalue weighted by atomic mass is 9.89. The molecule has 0 saturated carbocycles. The van der Waals surface area contributed by atoms with E-state index in [4.69, 9.17) is 16.3 Å². The number of likely N-dealkylation sites (tertiary alicyclic amines) is 1. The summed E-state index contributed by atoms with van der Waals surface area (Å²) in [6.45, 7) is 1.23. The third-order valence-corrected chi connectivity index (χ3v) is 7.09. The number of methoxy groups -OCH3 is 1. The van der Waals surface area contributed by atoms with Gasteiger partial charge in [-0.1, -0.05) is 29.8 Å². The monoisotopic (exact) mass is 533 g/mol. The second-order valence-corrected chi connectivity index (χ2v) is 9.39. The minimum absolute atomic E-state index is 0.0406. The van der Waals surface area contributed by atoms with Crippen LogP contribution in [0.1, 0.15) is 45.2 Å². The van der Waals surface area contributed by atoms with E-state index in [0.29, 0.717) is 29.4 Å². The van der Waals surface area contributed by atoms with Crippen LogP contribution in [0.15, 0.2) is 60.8 Å². The van der Waals surface area contributed by atoms with E-state index in [2.05, 4.69) is 15.3 Å². The van der Waals surface area contributed by atoms with Crippen molar-refractivity contribution >= 4 is 45.7 Å². The van der Waals surface area contributed by atoms with E-state index in [9.17, 15) is 19.7 Å². The highest BCUT2D eigenvalue weighted by Gasteiger charge is 2.27. The van der Waals surface area contributed by atoms with Gasteiger partial charge in [-0.2, -0.15) is 0 Å². The van der Waals surface area contributed by atoms with Crippen LogP contribution in [0.3, 0.4) is 0 Å². The van der Waals surface area contributed by atoms with Crippen molar-refractivity contribution in [2.75, 3.05) is 25.5 Å². The summed E-state index contributed by atoms with van der Waals surface area (Å²) in [6, 6.07) is 15.4. The number of rotatable bonds is 6. The molecule has 194 valence electrons. The normalized spacial score (nSPS) is 13.9. The molecule has 2 N–H and O–H groups in total. The summed E-state index contributed by atoms with van der Waals surface area (Å²) < 4.78 is 4.99. The number of hydrogen-bond donors (Lipinski definition) is 2. The number of halogens is 1. The fraction of sp³-hybridized carbons (Fsp3) is 0.222. The molecule has 38 heavy (non-hydrogen) atoms. The summed E-state index contributed by atoms with van der Waals surface area (Å²) >= 11 is 6.35. The molecule has 2 aromatic carbocycles. The Morgan fingerprint density at radius 1 is 1.13 bits per heavy atom. The van der Waals surface area contributed by atoms with Crippen LogP contribution < -0.4 is 10.1 Å². The van der Waals surface area contributed by atoms with Crippen molar-refractivity contribution in [3.05, 3.63) is 92.8 Å². The lowest BCUT2D eigenvalue weighted by Gasteiger charge is -2.32. The molecule has 10 nitrogen and oxygen atoms in total. The number of carbonyl (C=O) groups is 2. The topological polar surface area (TPSA) is 130 Å². The molecule has 2 aromatic heterocycles. The third-order valence-electron chi connectivity index (χ3n) is 6.78. The average Bonchev–Trinajstić information content (AvgIpc) is 3.38. The zero-order valence-corrected chi connectivity index (χ0v) is 21.2. The Morgan fingerprint density at radius 2 is 1.87 bits per heavy atom. The molecule has 1 aliphatic heterocycles. The first-order valence-electron chi connectivity index (χ1n) is 12.0. The molecule has 4 aromatic rings. The zero-order chi connectivity index (χ0) is 26.8. The predicted octanol–water partition coefficient (Wildman–Crippen LogP) is 5.41. The number of hydrogen-bond acceptors (Lipinski definition) is 6. The van der Waals surface area contributed by atoms with E-state index in [1.54, 1.807) is 24.4 Å². The van der Waals surface area contributed by atoms with Crippen LogP contribution in [-0.2, 0) is 0 Å². The van der Waals surface area contributed by atoms with Crippen LogP contribution in [-0.4, -0.2) is 51.8 Å². The van der Waals surface area contributed by atoms with Gasteiger partial charge in [0.05, 0.1) is 22.6 Å². The van der Waals surface area contributed by atoms with Gasteiger partial charge < -0.3 is 19.9 Å². The Balaban J connectivity index is 1.23. The van der Waals surface area contributed by atoms with E-state index in [0.717, 1.165) is 29.3 Å². The van der Waals surface area contributed by atoms with Gasteiger partial charge in [0.2, 0.25) is 11.6 Å². The van der Waals surface area contributed by atoms with Crippen LogP contribution in [0, 0.1) is 10.1 Å². The van der Waals surface area contributed by atoms with E-state index < -0.39 is 16.5 Å². The van der Waals surface area contributed by atoms with Crippen molar-refractivity contribution in [3.63, 3.8) is 0 Å². The third kappa shape index (κ3) is 4.90. The van der Waals surface area contributed by atoms with Gasteiger partial charge in [-0.3, -0.25) is 19.7 Å². The standard InChI is InChI=1S/C27H24ClN5O5/c1-38-23-10-9-22(33(36)37)25(31-23)26(34)30-18-7-5-16(6-8-18)17-11-13-32(14-12-17)27(35)19-15-29-21-4-2-3-20(28)24(19)21/h2-10,15,17,29H,11-14H2,1H3,(H,30,34). The number of ether oxygens (including phenoxy) is 1. The van der Waals surface area contributed by atoms with Crippen LogP contribution in [0.4, 0.5) is 11.4 Å². The molecule has 1 fully saturated rings. The van der Waals surface area contributed by atoms with Crippen LogP contribution in [0.25, 0.3) is 10.9 Å². The number of aromatic amines is 1. The Bertz CT molecular complexity index is 1530. The van der Waals surface area contributed by atoms with Crippen molar-refractivity contribution in [1.82, 2.24) is 14.9 Å². The fourth-order valence-electron chi connectivity index (χ4n) is 4.79. The molecule has 1 saturated heterocycles. The Kier molecular flexibility index (Phi) is 6.97. The van der Waals surface area contributed by atoms with Gasteiger partial charge in [-0.05, 0) is 48.6 Å². The van der Waals surface area contributed by atoms with Gasteiger partial charge in [-0.15, -0.1) is 0 Å². The highest BCUT2D eigenvalue weighted by Crippen LogP contribution is 2.32. The van der Waals surface area contributed by atoms with Crippen molar-refractivity contribution < 1.29 is 19.2 Å². The average molecular weight is 534 g/mol. The van der Waals surface area contributed by atoms with Gasteiger partial charge in [0.1, 0.15) is 0 Å². The number of nitro groups is 1. The molecule has 0 unspecified atom stereocenters. The summed E-state index contributed by atoms with van der Waals surface area (Å²) in [7, 11) is 1.37. The maximum Gasteiger partial charge on any atom is 0.300 e. The Morgan fingerprint density at radius 3 is 2.55 bits per heavy atom. The van der Waals surface area contributed by atoms with Gasteiger partial charge in [0, 0.05) is 48.0 Å². The van der Waals surface area contributed by atoms with Crippen molar-refractivity contribution in [2.24, 2.45) is 0 Å². The number of carbonyl (C=O) groups excluding carboxylic acids is 2. The second-order valence-electron chi connectivity index (χ2n) is 8.99. The first kappa shape index (κ1) is 25.2. The van der Waals surface area contributed by atoms with Crippen molar-refractivity contribution in [2.45, 2.75) is 18.8 Å². The Labute approximate surface area is 222 Å². The lowest BCUT2D eigenvalue weighted by Crippen LogP contribution is -2.37. The van der Waals surface area contributed by atoms with Crippen LogP contribution in [0.2, 0.25) is 5.02 Å². The highest BCUT2D eigenvalue weighted by molar-refractivity contribution is 6.36.